The van der Waals surface area contributed by atoms with E-state index >= 15 is 0 Å². The van der Waals surface area contributed by atoms with E-state index in [0.29, 0.717) is 12.1 Å². The minimum absolute atomic E-state index is 0.254. The average molecular weight is 281 g/mol. The van der Waals surface area contributed by atoms with Crippen LogP contribution < -0.4 is 5.32 Å². The number of nitrogens with zero attached hydrogens (tertiary/aromatic N) is 2. The quantitative estimate of drug-likeness (QED) is 0.642. The highest BCUT2D eigenvalue weighted by Crippen LogP contribution is 2.32. The Morgan fingerprint density at radius 1 is 1.42 bits per heavy atom. The van der Waals surface area contributed by atoms with Gasteiger partial charge in [0.2, 0.25) is 0 Å². The number of hydrogen-bond acceptors (Lipinski definition) is 5. The highest BCUT2D eigenvalue weighted by molar-refractivity contribution is 7.15. The van der Waals surface area contributed by atoms with E-state index in [1.165, 1.54) is 37.0 Å². The second-order valence-electron chi connectivity index (χ2n) is 5.45. The van der Waals surface area contributed by atoms with E-state index in [9.17, 15) is 10.1 Å². The third-order valence-corrected chi connectivity index (χ3v) is 4.89. The minimum atomic E-state index is -0.297. The molecule has 1 aliphatic carbocycles. The molecular formula is C13H19N3O2S. The lowest BCUT2D eigenvalue weighted by Crippen LogP contribution is -2.38. The second-order valence-corrected chi connectivity index (χ2v) is 6.60. The Kier molecular flexibility index (Phi) is 3.81. The van der Waals surface area contributed by atoms with Crippen molar-refractivity contribution in [3.8, 4) is 0 Å². The number of nitro groups is 1. The first kappa shape index (κ1) is 13.0. The predicted molar refractivity (Wildman–Crippen MR) is 75.4 cm³/mol. The van der Waals surface area contributed by atoms with E-state index in [1.54, 1.807) is 6.07 Å². The molecule has 1 saturated heterocycles. The van der Waals surface area contributed by atoms with Crippen molar-refractivity contribution in [2.75, 3.05) is 13.1 Å². The molecule has 0 amide bonds. The van der Waals surface area contributed by atoms with Gasteiger partial charge in [0.25, 0.3) is 0 Å². The van der Waals surface area contributed by atoms with Gasteiger partial charge in [0.1, 0.15) is 0 Å². The monoisotopic (exact) mass is 281 g/mol. The second kappa shape index (κ2) is 5.56. The van der Waals surface area contributed by atoms with Crippen molar-refractivity contribution in [1.82, 2.24) is 10.2 Å². The molecule has 2 fully saturated rings. The molecule has 1 atom stereocenters. The Hall–Kier alpha value is -0.980. The summed E-state index contributed by atoms with van der Waals surface area (Å²) in [6, 6.07) is 4.83. The van der Waals surface area contributed by atoms with Gasteiger partial charge in [0.15, 0.2) is 0 Å². The van der Waals surface area contributed by atoms with Crippen molar-refractivity contribution in [2.45, 2.75) is 44.3 Å². The summed E-state index contributed by atoms with van der Waals surface area (Å²) in [5.41, 5.74) is 0. The van der Waals surface area contributed by atoms with Crippen LogP contribution in [0.3, 0.4) is 0 Å². The Morgan fingerprint density at radius 3 is 2.84 bits per heavy atom. The van der Waals surface area contributed by atoms with Gasteiger partial charge in [0.05, 0.1) is 4.92 Å². The van der Waals surface area contributed by atoms with E-state index in [1.807, 2.05) is 6.07 Å². The predicted octanol–water partition coefficient (Wildman–Crippen LogP) is 2.37. The standard InChI is InChI=1S/C13H19N3O2S/c17-16(18)13-6-5-12(19-13)9-15(11-3-4-11)8-10-2-1-7-14-10/h5-6,10-11,14H,1-4,7-9H2. The van der Waals surface area contributed by atoms with Gasteiger partial charge in [-0.15, -0.1) is 0 Å². The maximum absolute atomic E-state index is 10.7. The summed E-state index contributed by atoms with van der Waals surface area (Å²) >= 11 is 1.31. The van der Waals surface area contributed by atoms with Crippen molar-refractivity contribution < 1.29 is 4.92 Å². The Balaban J connectivity index is 1.61. The van der Waals surface area contributed by atoms with Crippen LogP contribution in [0.5, 0.6) is 0 Å². The van der Waals surface area contributed by atoms with Crippen LogP contribution in [-0.2, 0) is 6.54 Å². The van der Waals surface area contributed by atoms with Crippen molar-refractivity contribution >= 4 is 16.3 Å². The molecule has 1 aromatic heterocycles. The normalized spacial score (nSPS) is 23.1. The van der Waals surface area contributed by atoms with Crippen molar-refractivity contribution in [3.63, 3.8) is 0 Å². The molecule has 0 aromatic carbocycles. The molecule has 1 unspecified atom stereocenters. The summed E-state index contributed by atoms with van der Waals surface area (Å²) < 4.78 is 0. The topological polar surface area (TPSA) is 58.4 Å². The molecule has 6 heteroatoms. The van der Waals surface area contributed by atoms with Crippen molar-refractivity contribution in [3.05, 3.63) is 27.1 Å². The summed E-state index contributed by atoms with van der Waals surface area (Å²) in [6.07, 6.45) is 5.09. The van der Waals surface area contributed by atoms with Crippen LogP contribution in [0.4, 0.5) is 5.00 Å². The van der Waals surface area contributed by atoms with Gasteiger partial charge in [-0.1, -0.05) is 11.3 Å². The fraction of sp³-hybridized carbons (Fsp3) is 0.692. The summed E-state index contributed by atoms with van der Waals surface area (Å²) in [4.78, 5) is 14.0. The van der Waals surface area contributed by atoms with Crippen LogP contribution in [0, 0.1) is 10.1 Å². The summed E-state index contributed by atoms with van der Waals surface area (Å²) in [6.45, 7) is 3.07. The zero-order chi connectivity index (χ0) is 13.2. The number of nitrogens with one attached hydrogen (secondary N) is 1. The fourth-order valence-electron chi connectivity index (χ4n) is 2.73. The Morgan fingerprint density at radius 2 is 2.26 bits per heavy atom. The molecule has 0 bridgehead atoms. The SMILES string of the molecule is O=[N+]([O-])c1ccc(CN(CC2CCCN2)C2CC2)s1. The lowest BCUT2D eigenvalue weighted by atomic mass is 10.2. The van der Waals surface area contributed by atoms with Crippen LogP contribution in [0.15, 0.2) is 12.1 Å². The van der Waals surface area contributed by atoms with E-state index in [2.05, 4.69) is 10.2 Å². The highest BCUT2D eigenvalue weighted by atomic mass is 32.1. The Labute approximate surface area is 116 Å². The first-order valence-corrected chi connectivity index (χ1v) is 7.74. The van der Waals surface area contributed by atoms with Gasteiger partial charge >= 0.3 is 5.00 Å². The van der Waals surface area contributed by atoms with E-state index < -0.39 is 0 Å². The molecule has 104 valence electrons. The molecule has 1 saturated carbocycles. The van der Waals surface area contributed by atoms with E-state index in [4.69, 9.17) is 0 Å². The minimum Gasteiger partial charge on any atom is -0.313 e. The molecule has 1 aliphatic heterocycles. The first-order valence-electron chi connectivity index (χ1n) is 6.93. The lowest BCUT2D eigenvalue weighted by Gasteiger charge is -2.24. The molecule has 2 aliphatic rings. The zero-order valence-electron chi connectivity index (χ0n) is 10.9. The molecule has 2 heterocycles. The van der Waals surface area contributed by atoms with Gasteiger partial charge in [-0.05, 0) is 38.3 Å². The Bertz CT molecular complexity index is 452. The van der Waals surface area contributed by atoms with Gasteiger partial charge in [-0.3, -0.25) is 15.0 Å². The van der Waals surface area contributed by atoms with Gasteiger partial charge in [0, 0.05) is 36.1 Å². The van der Waals surface area contributed by atoms with Crippen molar-refractivity contribution in [2.24, 2.45) is 0 Å². The zero-order valence-corrected chi connectivity index (χ0v) is 11.7. The summed E-state index contributed by atoms with van der Waals surface area (Å²) in [5, 5.41) is 14.5. The lowest BCUT2D eigenvalue weighted by molar-refractivity contribution is -0.380. The van der Waals surface area contributed by atoms with Crippen LogP contribution in [-0.4, -0.2) is 35.0 Å². The fourth-order valence-corrected chi connectivity index (χ4v) is 3.57. The van der Waals surface area contributed by atoms with Gasteiger partial charge < -0.3 is 5.32 Å². The van der Waals surface area contributed by atoms with Gasteiger partial charge in [-0.25, -0.2) is 0 Å². The molecule has 0 radical (unpaired) electrons. The average Bonchev–Trinajstić information content (AvgIpc) is 2.90. The third kappa shape index (κ3) is 3.32. The molecular weight excluding hydrogens is 262 g/mol. The smallest absolute Gasteiger partial charge is 0.313 e. The van der Waals surface area contributed by atoms with E-state index in [0.717, 1.165) is 24.5 Å². The number of hydrogen-bond donors (Lipinski definition) is 1. The number of rotatable bonds is 6. The van der Waals surface area contributed by atoms with Crippen LogP contribution in [0.2, 0.25) is 0 Å². The van der Waals surface area contributed by atoms with Crippen LogP contribution in [0.25, 0.3) is 0 Å². The molecule has 1 aromatic rings. The third-order valence-electron chi connectivity index (χ3n) is 3.87. The highest BCUT2D eigenvalue weighted by Gasteiger charge is 2.31. The maximum atomic E-state index is 10.7. The van der Waals surface area contributed by atoms with Crippen LogP contribution in [0.1, 0.15) is 30.6 Å². The summed E-state index contributed by atoms with van der Waals surface area (Å²) in [7, 11) is 0. The molecule has 5 nitrogen and oxygen atoms in total. The largest absolute Gasteiger partial charge is 0.324 e. The molecule has 19 heavy (non-hydrogen) atoms. The summed E-state index contributed by atoms with van der Waals surface area (Å²) in [5.74, 6) is 0. The molecule has 1 N–H and O–H groups in total. The van der Waals surface area contributed by atoms with Crippen LogP contribution >= 0.6 is 11.3 Å². The van der Waals surface area contributed by atoms with E-state index in [-0.39, 0.29) is 9.92 Å². The van der Waals surface area contributed by atoms with Crippen molar-refractivity contribution in [1.29, 1.82) is 0 Å². The first-order chi connectivity index (χ1) is 9.22. The molecule has 0 spiro atoms. The number of thiophene rings is 1. The van der Waals surface area contributed by atoms with Gasteiger partial charge in [-0.2, -0.15) is 0 Å². The maximum Gasteiger partial charge on any atom is 0.324 e. The molecule has 3 rings (SSSR count).